The van der Waals surface area contributed by atoms with Gasteiger partial charge in [0.2, 0.25) is 0 Å². The molecule has 1 saturated heterocycles. The molecule has 1 fully saturated rings. The van der Waals surface area contributed by atoms with Crippen LogP contribution in [0.3, 0.4) is 0 Å². The fourth-order valence-electron chi connectivity index (χ4n) is 0.680. The molecule has 1 heterocycles. The van der Waals surface area contributed by atoms with Gasteiger partial charge in [0.1, 0.15) is 0 Å². The van der Waals surface area contributed by atoms with Crippen molar-refractivity contribution in [3.8, 4) is 0 Å². The highest BCUT2D eigenvalue weighted by molar-refractivity contribution is 4.76. The van der Waals surface area contributed by atoms with Crippen molar-refractivity contribution in [3.63, 3.8) is 0 Å². The maximum atomic E-state index is 11.3. The third kappa shape index (κ3) is 2.24. The molecular weight excluding hydrogens is 128 g/mol. The standard InChI is InChI=1S/C5H9F2NO/c6-5(7)9-3-4-1-2-8-4/h4-5,8H,1-3H2. The van der Waals surface area contributed by atoms with Gasteiger partial charge >= 0.3 is 6.61 Å². The van der Waals surface area contributed by atoms with Gasteiger partial charge in [-0.25, -0.2) is 0 Å². The van der Waals surface area contributed by atoms with Crippen molar-refractivity contribution in [3.05, 3.63) is 0 Å². The summed E-state index contributed by atoms with van der Waals surface area (Å²) < 4.78 is 26.7. The van der Waals surface area contributed by atoms with Crippen LogP contribution in [0.1, 0.15) is 6.42 Å². The molecule has 1 aliphatic rings. The minimum absolute atomic E-state index is 0.137. The Morgan fingerprint density at radius 2 is 2.33 bits per heavy atom. The van der Waals surface area contributed by atoms with E-state index >= 15 is 0 Å². The van der Waals surface area contributed by atoms with Crippen LogP contribution in [-0.2, 0) is 4.74 Å². The number of nitrogens with one attached hydrogen (secondary N) is 1. The molecule has 0 spiro atoms. The predicted molar refractivity (Wildman–Crippen MR) is 28.4 cm³/mol. The Morgan fingerprint density at radius 1 is 1.67 bits per heavy atom. The van der Waals surface area contributed by atoms with Gasteiger partial charge < -0.3 is 10.1 Å². The monoisotopic (exact) mass is 137 g/mol. The second-order valence-corrected chi connectivity index (χ2v) is 2.03. The summed E-state index contributed by atoms with van der Waals surface area (Å²) in [6, 6.07) is 0.166. The zero-order valence-electron chi connectivity index (χ0n) is 4.94. The van der Waals surface area contributed by atoms with E-state index < -0.39 is 6.61 Å². The average Bonchev–Trinajstić information content (AvgIpc) is 1.60. The van der Waals surface area contributed by atoms with E-state index in [1.54, 1.807) is 0 Å². The molecule has 0 saturated carbocycles. The molecule has 0 radical (unpaired) electrons. The first-order chi connectivity index (χ1) is 4.29. The van der Waals surface area contributed by atoms with Crippen LogP contribution in [0.4, 0.5) is 8.78 Å². The van der Waals surface area contributed by atoms with E-state index in [1.807, 2.05) is 0 Å². The highest BCUT2D eigenvalue weighted by Gasteiger charge is 2.17. The molecule has 0 aromatic carbocycles. The molecule has 0 bridgehead atoms. The van der Waals surface area contributed by atoms with Crippen LogP contribution in [0.15, 0.2) is 0 Å². The van der Waals surface area contributed by atoms with Crippen molar-refractivity contribution in [2.24, 2.45) is 0 Å². The Balaban J connectivity index is 1.91. The van der Waals surface area contributed by atoms with E-state index in [-0.39, 0.29) is 12.6 Å². The third-order valence-electron chi connectivity index (χ3n) is 1.35. The summed E-state index contributed by atoms with van der Waals surface area (Å²) >= 11 is 0. The van der Waals surface area contributed by atoms with Crippen LogP contribution in [-0.4, -0.2) is 25.8 Å². The minimum Gasteiger partial charge on any atom is -0.321 e. The van der Waals surface area contributed by atoms with Crippen molar-refractivity contribution in [1.82, 2.24) is 5.32 Å². The molecule has 0 amide bonds. The van der Waals surface area contributed by atoms with Gasteiger partial charge in [0.25, 0.3) is 0 Å². The number of hydrogen-bond acceptors (Lipinski definition) is 2. The minimum atomic E-state index is -2.62. The fraction of sp³-hybridized carbons (Fsp3) is 1.00. The van der Waals surface area contributed by atoms with Crippen LogP contribution < -0.4 is 5.32 Å². The van der Waals surface area contributed by atoms with E-state index in [9.17, 15) is 8.78 Å². The largest absolute Gasteiger partial charge is 0.345 e. The number of hydrogen-bond donors (Lipinski definition) is 1. The Labute approximate surface area is 52.2 Å². The summed E-state index contributed by atoms with van der Waals surface area (Å²) in [5, 5.41) is 2.94. The smallest absolute Gasteiger partial charge is 0.321 e. The molecule has 54 valence electrons. The summed E-state index contributed by atoms with van der Waals surface area (Å²) in [4.78, 5) is 0. The maximum absolute atomic E-state index is 11.3. The third-order valence-corrected chi connectivity index (χ3v) is 1.35. The summed E-state index contributed by atoms with van der Waals surface area (Å²) in [6.07, 6.45) is 0.951. The molecular formula is C5H9F2NO. The Kier molecular flexibility index (Phi) is 2.36. The van der Waals surface area contributed by atoms with Gasteiger partial charge in [0, 0.05) is 6.04 Å². The summed E-state index contributed by atoms with van der Waals surface area (Å²) in [7, 11) is 0. The normalized spacial score (nSPS) is 26.3. The van der Waals surface area contributed by atoms with Crippen molar-refractivity contribution in [2.75, 3.05) is 13.2 Å². The summed E-state index contributed by atoms with van der Waals surface area (Å²) in [5.74, 6) is 0. The lowest BCUT2D eigenvalue weighted by Gasteiger charge is -2.26. The number of ether oxygens (including phenoxy) is 1. The quantitative estimate of drug-likeness (QED) is 0.614. The van der Waals surface area contributed by atoms with Crippen LogP contribution in [0.5, 0.6) is 0 Å². The number of rotatable bonds is 3. The second kappa shape index (κ2) is 3.08. The first-order valence-electron chi connectivity index (χ1n) is 2.92. The van der Waals surface area contributed by atoms with Gasteiger partial charge in [-0.3, -0.25) is 0 Å². The maximum Gasteiger partial charge on any atom is 0.345 e. The molecule has 1 aliphatic heterocycles. The molecule has 4 heteroatoms. The van der Waals surface area contributed by atoms with Crippen molar-refractivity contribution in [1.29, 1.82) is 0 Å². The van der Waals surface area contributed by atoms with Gasteiger partial charge in [-0.1, -0.05) is 0 Å². The van der Waals surface area contributed by atoms with Crippen molar-refractivity contribution in [2.45, 2.75) is 19.1 Å². The van der Waals surface area contributed by atoms with Crippen LogP contribution in [0.25, 0.3) is 0 Å². The van der Waals surface area contributed by atoms with E-state index in [0.717, 1.165) is 13.0 Å². The molecule has 0 aliphatic carbocycles. The van der Waals surface area contributed by atoms with Crippen molar-refractivity contribution >= 4 is 0 Å². The Morgan fingerprint density at radius 3 is 2.67 bits per heavy atom. The number of halogens is 2. The molecule has 2 nitrogen and oxygen atoms in total. The van der Waals surface area contributed by atoms with Gasteiger partial charge in [0.05, 0.1) is 6.61 Å². The molecule has 9 heavy (non-hydrogen) atoms. The average molecular weight is 137 g/mol. The van der Waals surface area contributed by atoms with Crippen LogP contribution in [0, 0.1) is 0 Å². The molecule has 1 N–H and O–H groups in total. The van der Waals surface area contributed by atoms with E-state index in [4.69, 9.17) is 0 Å². The van der Waals surface area contributed by atoms with Gasteiger partial charge in [-0.2, -0.15) is 8.78 Å². The summed E-state index contributed by atoms with van der Waals surface area (Å²) in [5.41, 5.74) is 0. The predicted octanol–water partition coefficient (Wildman–Crippen LogP) is 0.587. The summed E-state index contributed by atoms with van der Waals surface area (Å²) in [6.45, 7) is -1.55. The second-order valence-electron chi connectivity index (χ2n) is 2.03. The van der Waals surface area contributed by atoms with Crippen LogP contribution in [0.2, 0.25) is 0 Å². The molecule has 1 unspecified atom stereocenters. The molecule has 1 rings (SSSR count). The van der Waals surface area contributed by atoms with Crippen molar-refractivity contribution < 1.29 is 13.5 Å². The van der Waals surface area contributed by atoms with Gasteiger partial charge in [0.15, 0.2) is 0 Å². The first-order valence-corrected chi connectivity index (χ1v) is 2.92. The fourth-order valence-corrected chi connectivity index (χ4v) is 0.680. The first kappa shape index (κ1) is 6.89. The highest BCUT2D eigenvalue weighted by atomic mass is 19.3. The zero-order chi connectivity index (χ0) is 6.69. The lowest BCUT2D eigenvalue weighted by Crippen LogP contribution is -2.46. The Hall–Kier alpha value is -0.220. The molecule has 0 aromatic heterocycles. The van der Waals surface area contributed by atoms with E-state index in [0.29, 0.717) is 0 Å². The topological polar surface area (TPSA) is 21.3 Å². The number of alkyl halides is 2. The highest BCUT2D eigenvalue weighted by Crippen LogP contribution is 2.04. The molecule has 1 atom stereocenters. The lowest BCUT2D eigenvalue weighted by atomic mass is 10.1. The Bertz CT molecular complexity index is 85.0. The van der Waals surface area contributed by atoms with Gasteiger partial charge in [-0.15, -0.1) is 0 Å². The molecule has 0 aromatic rings. The van der Waals surface area contributed by atoms with E-state index in [2.05, 4.69) is 10.1 Å². The lowest BCUT2D eigenvalue weighted by molar-refractivity contribution is -0.137. The van der Waals surface area contributed by atoms with Crippen LogP contribution >= 0.6 is 0 Å². The SMILES string of the molecule is FC(F)OCC1CCN1. The van der Waals surface area contributed by atoms with E-state index in [1.165, 1.54) is 0 Å². The zero-order valence-corrected chi connectivity index (χ0v) is 4.94. The van der Waals surface area contributed by atoms with Gasteiger partial charge in [-0.05, 0) is 13.0 Å².